The minimum absolute atomic E-state index is 0.121. The van der Waals surface area contributed by atoms with Crippen molar-refractivity contribution in [2.45, 2.75) is 77.5 Å². The normalized spacial score (nSPS) is 26.9. The van der Waals surface area contributed by atoms with E-state index in [0.717, 1.165) is 29.5 Å². The van der Waals surface area contributed by atoms with Gasteiger partial charge in [0.15, 0.2) is 0 Å². The smallest absolute Gasteiger partial charge is 0.252 e. The van der Waals surface area contributed by atoms with Crippen LogP contribution < -0.4 is 5.32 Å². The summed E-state index contributed by atoms with van der Waals surface area (Å²) >= 11 is 0. The molecule has 41 heavy (non-hydrogen) atoms. The van der Waals surface area contributed by atoms with Gasteiger partial charge in [-0.15, -0.1) is 0 Å². The van der Waals surface area contributed by atoms with E-state index in [1.165, 1.54) is 15.8 Å². The van der Waals surface area contributed by atoms with Crippen molar-refractivity contribution in [3.05, 3.63) is 41.6 Å². The number of imide groups is 1. The summed E-state index contributed by atoms with van der Waals surface area (Å²) in [5.41, 5.74) is 4.66. The fourth-order valence-electron chi connectivity index (χ4n) is 7.36. The Kier molecular flexibility index (Phi) is 7.04. The highest BCUT2D eigenvalue weighted by Gasteiger charge is 2.51. The molecule has 5 atom stereocenters. The molecule has 2 fully saturated rings. The predicted molar refractivity (Wildman–Crippen MR) is 156 cm³/mol. The van der Waals surface area contributed by atoms with Gasteiger partial charge in [-0.25, -0.2) is 0 Å². The van der Waals surface area contributed by atoms with Crippen LogP contribution in [0.3, 0.4) is 0 Å². The van der Waals surface area contributed by atoms with E-state index in [1.54, 1.807) is 4.90 Å². The van der Waals surface area contributed by atoms with Gasteiger partial charge in [0.05, 0.1) is 5.92 Å². The Bertz CT molecular complexity index is 1440. The van der Waals surface area contributed by atoms with Crippen molar-refractivity contribution in [3.63, 3.8) is 0 Å². The summed E-state index contributed by atoms with van der Waals surface area (Å²) in [4.78, 5) is 63.5. The molecule has 1 aromatic carbocycles. The van der Waals surface area contributed by atoms with Crippen molar-refractivity contribution in [2.75, 3.05) is 20.1 Å². The monoisotopic (exact) mass is 559 g/mol. The number of H-pyrrole nitrogens is 1. The van der Waals surface area contributed by atoms with Gasteiger partial charge in [0.1, 0.15) is 18.1 Å². The van der Waals surface area contributed by atoms with Crippen molar-refractivity contribution >= 4 is 40.1 Å². The molecule has 0 unspecified atom stereocenters. The zero-order valence-electron chi connectivity index (χ0n) is 24.6. The molecule has 0 spiro atoms. The first-order valence-electron chi connectivity index (χ1n) is 15.1. The third-order valence-electron chi connectivity index (χ3n) is 9.42. The maximum absolute atomic E-state index is 14.1. The highest BCUT2D eigenvalue weighted by Crippen LogP contribution is 2.41. The number of hydrogen-bond acceptors (Lipinski definition) is 5. The van der Waals surface area contributed by atoms with Gasteiger partial charge in [-0.05, 0) is 67.3 Å². The third kappa shape index (κ3) is 4.58. The maximum atomic E-state index is 14.1. The Balaban J connectivity index is 1.28. The molecule has 4 aliphatic rings. The van der Waals surface area contributed by atoms with Crippen LogP contribution in [0.4, 0.5) is 0 Å². The van der Waals surface area contributed by atoms with Crippen LogP contribution in [-0.4, -0.2) is 87.6 Å². The standard InChI is InChI=1S/C32H41N5O4/c1-17(2)12-26-30(39)36-11-7-10-24(36)31(40)37(26)32(41)28(18(3)4)34-29(38)20-13-22-21-8-6-9-23-27(21)19(15-33-23)14-25(22)35(5)16-20/h6,8-9,13,15,17-18,20,24-26,28,33H,7,10-12,14,16H2,1-5H3,(H,34,38)/t20-,24+,25+,26-,28-/m0/s1. The Morgan fingerprint density at radius 3 is 2.61 bits per heavy atom. The number of fused-ring (bicyclic) bond motifs is 3. The number of likely N-dealkylation sites (N-methyl/N-ethyl adjacent to an activating group) is 1. The van der Waals surface area contributed by atoms with Crippen LogP contribution in [0.15, 0.2) is 30.5 Å². The second-order valence-electron chi connectivity index (χ2n) is 13.0. The second-order valence-corrected chi connectivity index (χ2v) is 13.0. The lowest BCUT2D eigenvalue weighted by Crippen LogP contribution is -2.67. The van der Waals surface area contributed by atoms with Crippen LogP contribution in [-0.2, 0) is 25.6 Å². The third-order valence-corrected chi connectivity index (χ3v) is 9.42. The quantitative estimate of drug-likeness (QED) is 0.566. The minimum atomic E-state index is -0.908. The molecule has 218 valence electrons. The first-order chi connectivity index (χ1) is 19.6. The Morgan fingerprint density at radius 1 is 1.10 bits per heavy atom. The molecule has 2 aromatic rings. The first-order valence-corrected chi connectivity index (χ1v) is 15.1. The topological polar surface area (TPSA) is 106 Å². The summed E-state index contributed by atoms with van der Waals surface area (Å²) in [5, 5.41) is 4.24. The summed E-state index contributed by atoms with van der Waals surface area (Å²) in [6.07, 6.45) is 6.76. The number of amides is 4. The molecule has 9 heteroatoms. The molecule has 6 rings (SSSR count). The largest absolute Gasteiger partial charge is 0.361 e. The second kappa shape index (κ2) is 10.4. The number of carbonyl (C=O) groups is 4. The van der Waals surface area contributed by atoms with Crippen molar-refractivity contribution in [2.24, 2.45) is 17.8 Å². The van der Waals surface area contributed by atoms with Gasteiger partial charge in [-0.1, -0.05) is 45.9 Å². The van der Waals surface area contributed by atoms with Crippen LogP contribution in [0.25, 0.3) is 16.5 Å². The number of aromatic amines is 1. The van der Waals surface area contributed by atoms with Crippen LogP contribution in [0, 0.1) is 17.8 Å². The van der Waals surface area contributed by atoms with E-state index in [4.69, 9.17) is 0 Å². The van der Waals surface area contributed by atoms with Crippen LogP contribution in [0.1, 0.15) is 58.1 Å². The highest BCUT2D eigenvalue weighted by molar-refractivity contribution is 6.09. The number of carbonyl (C=O) groups excluding carboxylic acids is 4. The number of nitrogens with zero attached hydrogens (tertiary/aromatic N) is 3. The summed E-state index contributed by atoms with van der Waals surface area (Å²) in [5.74, 6) is -1.76. The van der Waals surface area contributed by atoms with Crippen molar-refractivity contribution < 1.29 is 19.2 Å². The summed E-state index contributed by atoms with van der Waals surface area (Å²) < 4.78 is 0. The molecule has 3 aliphatic heterocycles. The fraction of sp³-hybridized carbons (Fsp3) is 0.562. The van der Waals surface area contributed by atoms with E-state index in [-0.39, 0.29) is 35.6 Å². The van der Waals surface area contributed by atoms with Gasteiger partial charge in [0, 0.05) is 36.2 Å². The van der Waals surface area contributed by atoms with Crippen molar-refractivity contribution in [3.8, 4) is 0 Å². The molecule has 1 aromatic heterocycles. The zero-order chi connectivity index (χ0) is 29.2. The Morgan fingerprint density at radius 2 is 1.88 bits per heavy atom. The fourth-order valence-corrected chi connectivity index (χ4v) is 7.36. The highest BCUT2D eigenvalue weighted by atomic mass is 16.2. The maximum Gasteiger partial charge on any atom is 0.252 e. The molecular weight excluding hydrogens is 518 g/mol. The van der Waals surface area contributed by atoms with Crippen molar-refractivity contribution in [1.29, 1.82) is 0 Å². The number of hydrogen-bond donors (Lipinski definition) is 2. The average molecular weight is 560 g/mol. The van der Waals surface area contributed by atoms with E-state index in [1.807, 2.05) is 40.8 Å². The lowest BCUT2D eigenvalue weighted by atomic mass is 9.79. The van der Waals surface area contributed by atoms with Crippen LogP contribution in [0.5, 0.6) is 0 Å². The zero-order valence-corrected chi connectivity index (χ0v) is 24.6. The van der Waals surface area contributed by atoms with Gasteiger partial charge in [-0.2, -0.15) is 0 Å². The molecule has 1 aliphatic carbocycles. The van der Waals surface area contributed by atoms with E-state index >= 15 is 0 Å². The molecule has 2 N–H and O–H groups in total. The molecule has 0 radical (unpaired) electrons. The molecule has 0 saturated carbocycles. The number of benzene rings is 1. The van der Waals surface area contributed by atoms with E-state index in [0.29, 0.717) is 25.9 Å². The van der Waals surface area contributed by atoms with Crippen molar-refractivity contribution in [1.82, 2.24) is 25.0 Å². The number of rotatable bonds is 6. The summed E-state index contributed by atoms with van der Waals surface area (Å²) in [6.45, 7) is 8.80. The molecule has 4 amide bonds. The Hall–Kier alpha value is -3.46. The molecule has 4 heterocycles. The van der Waals surface area contributed by atoms with E-state index < -0.39 is 30.0 Å². The minimum Gasteiger partial charge on any atom is -0.361 e. The molecule has 9 nitrogen and oxygen atoms in total. The number of piperazine rings is 1. The molecule has 0 bridgehead atoms. The van der Waals surface area contributed by atoms with Crippen LogP contribution >= 0.6 is 0 Å². The van der Waals surface area contributed by atoms with Gasteiger partial charge in [0.25, 0.3) is 11.8 Å². The lowest BCUT2D eigenvalue weighted by Gasteiger charge is -2.43. The number of aromatic nitrogens is 1. The number of nitrogens with one attached hydrogen (secondary N) is 2. The summed E-state index contributed by atoms with van der Waals surface area (Å²) in [6, 6.07) is 4.08. The van der Waals surface area contributed by atoms with Gasteiger partial charge >= 0.3 is 0 Å². The molecular formula is C32H41N5O4. The lowest BCUT2D eigenvalue weighted by molar-refractivity contribution is -0.168. The van der Waals surface area contributed by atoms with Gasteiger partial charge in [0.2, 0.25) is 11.8 Å². The van der Waals surface area contributed by atoms with E-state index in [9.17, 15) is 19.2 Å². The SMILES string of the molecule is CC(C)C[C@H]1C(=O)N2CCC[C@@H]2C(=O)N1C(=O)[C@@H](NC(=O)[C@H]1C=C2c3cccc4[nH]cc(c34)C[C@H]2N(C)C1)C(C)C. The van der Waals surface area contributed by atoms with Gasteiger partial charge in [-0.3, -0.25) is 29.0 Å². The van der Waals surface area contributed by atoms with Gasteiger partial charge < -0.3 is 15.2 Å². The Labute approximate surface area is 241 Å². The molecule has 2 saturated heterocycles. The average Bonchev–Trinajstić information content (AvgIpc) is 3.59. The first kappa shape index (κ1) is 27.7. The van der Waals surface area contributed by atoms with Crippen LogP contribution in [0.2, 0.25) is 0 Å². The summed E-state index contributed by atoms with van der Waals surface area (Å²) in [7, 11) is 2.04. The predicted octanol–water partition coefficient (Wildman–Crippen LogP) is 2.95. The van der Waals surface area contributed by atoms with E-state index in [2.05, 4.69) is 39.6 Å².